The Morgan fingerprint density at radius 1 is 1.29 bits per heavy atom. The Hall–Kier alpha value is -2.24. The van der Waals surface area contributed by atoms with Gasteiger partial charge in [-0.3, -0.25) is 0 Å². The second kappa shape index (κ2) is 5.27. The summed E-state index contributed by atoms with van der Waals surface area (Å²) in [5.74, 6) is 3.18. The number of methoxy groups -OCH3 is 2. The third-order valence-corrected chi connectivity index (χ3v) is 3.78. The summed E-state index contributed by atoms with van der Waals surface area (Å²) in [6.45, 7) is 4.05. The molecule has 21 heavy (non-hydrogen) atoms. The minimum atomic E-state index is 0.110. The Kier molecular flexibility index (Phi) is 3.45. The lowest BCUT2D eigenvalue weighted by molar-refractivity contribution is 0.372. The SMILES string of the molecule is COc1ccc([C@@H]2C[C@@H](C)Nc3nc(C)nn32)c(OC)c1. The van der Waals surface area contributed by atoms with E-state index >= 15 is 0 Å². The van der Waals surface area contributed by atoms with Crippen molar-refractivity contribution in [2.75, 3.05) is 19.5 Å². The molecule has 0 spiro atoms. The van der Waals surface area contributed by atoms with Crippen LogP contribution in [-0.2, 0) is 0 Å². The zero-order valence-electron chi connectivity index (χ0n) is 12.8. The smallest absolute Gasteiger partial charge is 0.222 e. The number of ether oxygens (including phenoxy) is 2. The van der Waals surface area contributed by atoms with Crippen LogP contribution >= 0.6 is 0 Å². The van der Waals surface area contributed by atoms with Crippen LogP contribution in [0.3, 0.4) is 0 Å². The van der Waals surface area contributed by atoms with Crippen LogP contribution in [0, 0.1) is 6.92 Å². The molecule has 112 valence electrons. The number of rotatable bonds is 3. The summed E-state index contributed by atoms with van der Waals surface area (Å²) in [6.07, 6.45) is 0.929. The van der Waals surface area contributed by atoms with Crippen LogP contribution in [0.15, 0.2) is 18.2 Å². The van der Waals surface area contributed by atoms with Gasteiger partial charge in [-0.2, -0.15) is 10.1 Å². The van der Waals surface area contributed by atoms with E-state index in [1.807, 2.05) is 29.8 Å². The molecule has 0 unspecified atom stereocenters. The van der Waals surface area contributed by atoms with Crippen LogP contribution in [0.1, 0.15) is 30.8 Å². The molecule has 2 atom stereocenters. The first kappa shape index (κ1) is 13.7. The normalized spacial score (nSPS) is 20.6. The summed E-state index contributed by atoms with van der Waals surface area (Å²) in [7, 11) is 3.33. The number of hydrogen-bond acceptors (Lipinski definition) is 5. The number of hydrogen-bond donors (Lipinski definition) is 1. The van der Waals surface area contributed by atoms with Crippen molar-refractivity contribution in [2.45, 2.75) is 32.4 Å². The maximum atomic E-state index is 5.54. The highest BCUT2D eigenvalue weighted by Gasteiger charge is 2.29. The van der Waals surface area contributed by atoms with Gasteiger partial charge in [0.15, 0.2) is 0 Å². The van der Waals surface area contributed by atoms with Gasteiger partial charge in [-0.15, -0.1) is 0 Å². The summed E-state index contributed by atoms with van der Waals surface area (Å²) < 4.78 is 12.7. The number of nitrogens with zero attached hydrogens (tertiary/aromatic N) is 3. The Labute approximate surface area is 124 Å². The van der Waals surface area contributed by atoms with Gasteiger partial charge in [0.05, 0.1) is 20.3 Å². The van der Waals surface area contributed by atoms with Crippen LogP contribution in [0.5, 0.6) is 11.5 Å². The number of anilines is 1. The van der Waals surface area contributed by atoms with Crippen molar-refractivity contribution >= 4 is 5.95 Å². The van der Waals surface area contributed by atoms with Gasteiger partial charge in [0.1, 0.15) is 17.3 Å². The quantitative estimate of drug-likeness (QED) is 0.939. The number of nitrogens with one attached hydrogen (secondary N) is 1. The van der Waals surface area contributed by atoms with Crippen molar-refractivity contribution in [1.29, 1.82) is 0 Å². The molecule has 1 aliphatic heterocycles. The largest absolute Gasteiger partial charge is 0.497 e. The fourth-order valence-electron chi connectivity index (χ4n) is 2.81. The van der Waals surface area contributed by atoms with Gasteiger partial charge in [0.25, 0.3) is 0 Å². The molecule has 3 rings (SSSR count). The van der Waals surface area contributed by atoms with Gasteiger partial charge < -0.3 is 14.8 Å². The molecule has 1 aromatic carbocycles. The highest BCUT2D eigenvalue weighted by Crippen LogP contribution is 2.37. The highest BCUT2D eigenvalue weighted by atomic mass is 16.5. The van der Waals surface area contributed by atoms with Crippen molar-refractivity contribution in [3.8, 4) is 11.5 Å². The minimum absolute atomic E-state index is 0.110. The lowest BCUT2D eigenvalue weighted by Crippen LogP contribution is -2.31. The van der Waals surface area contributed by atoms with Gasteiger partial charge in [-0.05, 0) is 32.4 Å². The lowest BCUT2D eigenvalue weighted by Gasteiger charge is -2.30. The predicted molar refractivity (Wildman–Crippen MR) is 80.1 cm³/mol. The van der Waals surface area contributed by atoms with E-state index in [4.69, 9.17) is 9.47 Å². The molecular formula is C15H20N4O2. The fourth-order valence-corrected chi connectivity index (χ4v) is 2.81. The molecule has 0 amide bonds. The van der Waals surface area contributed by atoms with Crippen molar-refractivity contribution < 1.29 is 9.47 Å². The standard InChI is InChI=1S/C15H20N4O2/c1-9-7-13(19-15(16-9)17-10(2)18-19)12-6-5-11(20-3)8-14(12)21-4/h5-6,8-9,13H,7H2,1-4H3,(H,16,17,18)/t9-,13+/m1/s1. The molecule has 2 aromatic rings. The van der Waals surface area contributed by atoms with Gasteiger partial charge in [-0.1, -0.05) is 0 Å². The molecule has 0 fully saturated rings. The molecule has 6 heteroatoms. The average Bonchev–Trinajstić information content (AvgIpc) is 2.85. The van der Waals surface area contributed by atoms with Gasteiger partial charge in [0, 0.05) is 17.7 Å². The molecule has 0 bridgehead atoms. The van der Waals surface area contributed by atoms with E-state index in [9.17, 15) is 0 Å². The molecule has 2 heterocycles. The highest BCUT2D eigenvalue weighted by molar-refractivity contribution is 5.45. The van der Waals surface area contributed by atoms with Crippen molar-refractivity contribution in [2.24, 2.45) is 0 Å². The summed E-state index contributed by atoms with van der Waals surface area (Å²) in [5, 5.41) is 7.88. The van der Waals surface area contributed by atoms with Gasteiger partial charge >= 0.3 is 0 Å². The Morgan fingerprint density at radius 3 is 2.81 bits per heavy atom. The Balaban J connectivity index is 2.07. The van der Waals surface area contributed by atoms with Crippen LogP contribution in [0.2, 0.25) is 0 Å². The van der Waals surface area contributed by atoms with Crippen LogP contribution in [-0.4, -0.2) is 35.0 Å². The number of aryl methyl sites for hydroxylation is 1. The molecule has 6 nitrogen and oxygen atoms in total. The summed E-state index contributed by atoms with van der Waals surface area (Å²) in [6, 6.07) is 6.34. The van der Waals surface area contributed by atoms with Crippen molar-refractivity contribution in [1.82, 2.24) is 14.8 Å². The second-order valence-electron chi connectivity index (χ2n) is 5.33. The predicted octanol–water partition coefficient (Wildman–Crippen LogP) is 2.40. The first-order valence-electron chi connectivity index (χ1n) is 7.04. The van der Waals surface area contributed by atoms with Crippen LogP contribution < -0.4 is 14.8 Å². The lowest BCUT2D eigenvalue weighted by atomic mass is 9.97. The van der Waals surface area contributed by atoms with Crippen LogP contribution in [0.4, 0.5) is 5.95 Å². The van der Waals surface area contributed by atoms with E-state index in [0.29, 0.717) is 6.04 Å². The average molecular weight is 288 g/mol. The van der Waals surface area contributed by atoms with E-state index in [-0.39, 0.29) is 6.04 Å². The maximum absolute atomic E-state index is 5.54. The van der Waals surface area contributed by atoms with Crippen molar-refractivity contribution in [3.05, 3.63) is 29.6 Å². The molecular weight excluding hydrogens is 268 g/mol. The minimum Gasteiger partial charge on any atom is -0.497 e. The number of aromatic nitrogens is 3. The molecule has 0 radical (unpaired) electrons. The zero-order chi connectivity index (χ0) is 15.0. The van der Waals surface area contributed by atoms with E-state index < -0.39 is 0 Å². The molecule has 1 aromatic heterocycles. The molecule has 1 N–H and O–H groups in total. The zero-order valence-corrected chi connectivity index (χ0v) is 12.8. The van der Waals surface area contributed by atoms with E-state index in [2.05, 4.69) is 22.3 Å². The molecule has 0 aliphatic carbocycles. The summed E-state index contributed by atoms with van der Waals surface area (Å²) in [5.41, 5.74) is 1.10. The summed E-state index contributed by atoms with van der Waals surface area (Å²) in [4.78, 5) is 4.44. The first-order valence-corrected chi connectivity index (χ1v) is 7.04. The second-order valence-corrected chi connectivity index (χ2v) is 5.33. The Bertz CT molecular complexity index is 653. The number of benzene rings is 1. The maximum Gasteiger partial charge on any atom is 0.222 e. The van der Waals surface area contributed by atoms with E-state index in [1.54, 1.807) is 14.2 Å². The monoisotopic (exact) mass is 288 g/mol. The molecule has 1 aliphatic rings. The summed E-state index contributed by atoms with van der Waals surface area (Å²) >= 11 is 0. The number of fused-ring (bicyclic) bond motifs is 1. The van der Waals surface area contributed by atoms with E-state index in [0.717, 1.165) is 35.3 Å². The van der Waals surface area contributed by atoms with Gasteiger partial charge in [0.2, 0.25) is 5.95 Å². The fraction of sp³-hybridized carbons (Fsp3) is 0.467. The third kappa shape index (κ3) is 2.41. The van der Waals surface area contributed by atoms with E-state index in [1.165, 1.54) is 0 Å². The van der Waals surface area contributed by atoms with Crippen LogP contribution in [0.25, 0.3) is 0 Å². The van der Waals surface area contributed by atoms with Gasteiger partial charge in [-0.25, -0.2) is 4.68 Å². The van der Waals surface area contributed by atoms with Crippen molar-refractivity contribution in [3.63, 3.8) is 0 Å². The third-order valence-electron chi connectivity index (χ3n) is 3.78. The molecule has 0 saturated heterocycles. The topological polar surface area (TPSA) is 61.2 Å². The first-order chi connectivity index (χ1) is 10.1. The molecule has 0 saturated carbocycles. The Morgan fingerprint density at radius 2 is 2.10 bits per heavy atom.